The van der Waals surface area contributed by atoms with Crippen LogP contribution in [0.5, 0.6) is 17.2 Å². The molecule has 0 bridgehead atoms. The topological polar surface area (TPSA) is 77.0 Å². The molecule has 1 aromatic rings. The van der Waals surface area contributed by atoms with E-state index in [9.17, 15) is 9.90 Å². The predicted octanol–water partition coefficient (Wildman–Crippen LogP) is 1.93. The number of carbonyl (C=O) groups is 1. The van der Waals surface area contributed by atoms with Crippen molar-refractivity contribution in [3.8, 4) is 17.2 Å². The molecule has 6 nitrogen and oxygen atoms in total. The summed E-state index contributed by atoms with van der Waals surface area (Å²) in [6.45, 7) is 4.31. The SMILES string of the molecule is CCNC(C)(CCOc1c(OC)cccc1OC)C(=O)O. The second-order valence-electron chi connectivity index (χ2n) is 4.76. The third-order valence-electron chi connectivity index (χ3n) is 3.27. The van der Waals surface area contributed by atoms with Crippen LogP contribution in [0, 0.1) is 0 Å². The van der Waals surface area contributed by atoms with Crippen LogP contribution in [0.15, 0.2) is 18.2 Å². The van der Waals surface area contributed by atoms with E-state index < -0.39 is 11.5 Å². The van der Waals surface area contributed by atoms with Crippen LogP contribution in [0.4, 0.5) is 0 Å². The molecule has 0 amide bonds. The van der Waals surface area contributed by atoms with Crippen LogP contribution in [0.25, 0.3) is 0 Å². The molecule has 1 aromatic carbocycles. The monoisotopic (exact) mass is 297 g/mol. The number of likely N-dealkylation sites (N-methyl/N-ethyl adjacent to an activating group) is 1. The van der Waals surface area contributed by atoms with Gasteiger partial charge in [-0.15, -0.1) is 0 Å². The molecule has 0 heterocycles. The second kappa shape index (κ2) is 7.73. The smallest absolute Gasteiger partial charge is 0.323 e. The number of carboxylic acids is 1. The van der Waals surface area contributed by atoms with Gasteiger partial charge in [0.1, 0.15) is 5.54 Å². The highest BCUT2D eigenvalue weighted by atomic mass is 16.5. The lowest BCUT2D eigenvalue weighted by Gasteiger charge is -2.26. The van der Waals surface area contributed by atoms with Gasteiger partial charge in [0.25, 0.3) is 0 Å². The highest BCUT2D eigenvalue weighted by Crippen LogP contribution is 2.36. The lowest BCUT2D eigenvalue weighted by atomic mass is 9.98. The summed E-state index contributed by atoms with van der Waals surface area (Å²) in [5.41, 5.74) is -1.02. The van der Waals surface area contributed by atoms with Gasteiger partial charge in [-0.1, -0.05) is 13.0 Å². The number of para-hydroxylation sites is 1. The molecule has 6 heteroatoms. The van der Waals surface area contributed by atoms with Crippen LogP contribution in [0.3, 0.4) is 0 Å². The van der Waals surface area contributed by atoms with Crippen LogP contribution in [-0.4, -0.2) is 44.0 Å². The zero-order chi connectivity index (χ0) is 15.9. The molecule has 0 saturated carbocycles. The van der Waals surface area contributed by atoms with Gasteiger partial charge in [-0.05, 0) is 25.6 Å². The summed E-state index contributed by atoms with van der Waals surface area (Å²) in [6, 6.07) is 5.32. The third-order valence-corrected chi connectivity index (χ3v) is 3.27. The minimum absolute atomic E-state index is 0.229. The summed E-state index contributed by atoms with van der Waals surface area (Å²) in [4.78, 5) is 11.3. The molecule has 1 unspecified atom stereocenters. The summed E-state index contributed by atoms with van der Waals surface area (Å²) < 4.78 is 16.1. The van der Waals surface area contributed by atoms with Gasteiger partial charge in [-0.25, -0.2) is 0 Å². The molecule has 2 N–H and O–H groups in total. The molecule has 0 aromatic heterocycles. The Labute approximate surface area is 125 Å². The number of ether oxygens (including phenoxy) is 3. The average molecular weight is 297 g/mol. The van der Waals surface area contributed by atoms with E-state index in [1.807, 2.05) is 6.92 Å². The standard InChI is InChI=1S/C15H23NO5/c1-5-16-15(2,14(17)18)9-10-21-13-11(19-3)7-6-8-12(13)20-4/h6-8,16H,5,9-10H2,1-4H3,(H,17,18). The second-order valence-corrected chi connectivity index (χ2v) is 4.76. The largest absolute Gasteiger partial charge is 0.493 e. The number of carboxylic acid groups (broad SMARTS) is 1. The lowest BCUT2D eigenvalue weighted by Crippen LogP contribution is -2.50. The highest BCUT2D eigenvalue weighted by Gasteiger charge is 2.32. The van der Waals surface area contributed by atoms with E-state index >= 15 is 0 Å². The van der Waals surface area contributed by atoms with Crippen molar-refractivity contribution in [1.82, 2.24) is 5.32 Å². The van der Waals surface area contributed by atoms with Crippen LogP contribution in [0.1, 0.15) is 20.3 Å². The molecule has 0 aliphatic rings. The molecule has 0 saturated heterocycles. The van der Waals surface area contributed by atoms with Gasteiger partial charge < -0.3 is 24.6 Å². The molecule has 0 spiro atoms. The van der Waals surface area contributed by atoms with Crippen molar-refractivity contribution < 1.29 is 24.1 Å². The van der Waals surface area contributed by atoms with Gasteiger partial charge in [0.2, 0.25) is 5.75 Å². The van der Waals surface area contributed by atoms with Crippen molar-refractivity contribution in [3.63, 3.8) is 0 Å². The van der Waals surface area contributed by atoms with E-state index in [4.69, 9.17) is 14.2 Å². The fraction of sp³-hybridized carbons (Fsp3) is 0.533. The molecule has 0 fully saturated rings. The molecule has 21 heavy (non-hydrogen) atoms. The lowest BCUT2D eigenvalue weighted by molar-refractivity contribution is -0.144. The first-order chi connectivity index (χ1) is 9.98. The average Bonchev–Trinajstić information content (AvgIpc) is 2.47. The molecule has 118 valence electrons. The Kier molecular flexibility index (Phi) is 6.30. The molecule has 1 atom stereocenters. The molecular weight excluding hydrogens is 274 g/mol. The normalized spacial score (nSPS) is 13.3. The molecular formula is C15H23NO5. The number of nitrogens with one attached hydrogen (secondary N) is 1. The van der Waals surface area contributed by atoms with Gasteiger partial charge in [-0.3, -0.25) is 4.79 Å². The Morgan fingerprint density at radius 3 is 2.29 bits per heavy atom. The maximum absolute atomic E-state index is 11.3. The Bertz CT molecular complexity index is 455. The van der Waals surface area contributed by atoms with Crippen LogP contribution in [-0.2, 0) is 4.79 Å². The summed E-state index contributed by atoms with van der Waals surface area (Å²) >= 11 is 0. The van der Waals surface area contributed by atoms with Crippen LogP contribution < -0.4 is 19.5 Å². The Morgan fingerprint density at radius 2 is 1.86 bits per heavy atom. The minimum atomic E-state index is -1.02. The summed E-state index contributed by atoms with van der Waals surface area (Å²) in [5, 5.41) is 12.3. The van der Waals surface area contributed by atoms with Crippen molar-refractivity contribution in [3.05, 3.63) is 18.2 Å². The zero-order valence-corrected chi connectivity index (χ0v) is 12.9. The van der Waals surface area contributed by atoms with Gasteiger partial charge in [0.05, 0.1) is 20.8 Å². The quantitative estimate of drug-likeness (QED) is 0.725. The van der Waals surface area contributed by atoms with Crippen molar-refractivity contribution in [1.29, 1.82) is 0 Å². The fourth-order valence-corrected chi connectivity index (χ4v) is 1.98. The van der Waals surface area contributed by atoms with E-state index in [1.165, 1.54) is 0 Å². The number of rotatable bonds is 9. The van der Waals surface area contributed by atoms with E-state index in [0.717, 1.165) is 0 Å². The molecule has 1 rings (SSSR count). The third kappa shape index (κ3) is 4.26. The van der Waals surface area contributed by atoms with Crippen molar-refractivity contribution in [2.24, 2.45) is 0 Å². The number of benzene rings is 1. The summed E-state index contributed by atoms with van der Waals surface area (Å²) in [5.74, 6) is 0.677. The van der Waals surface area contributed by atoms with E-state index in [-0.39, 0.29) is 6.61 Å². The molecule has 0 aliphatic carbocycles. The van der Waals surface area contributed by atoms with E-state index in [2.05, 4.69) is 5.32 Å². The highest BCUT2D eigenvalue weighted by molar-refractivity contribution is 5.78. The summed E-state index contributed by atoms with van der Waals surface area (Å²) in [7, 11) is 3.09. The van der Waals surface area contributed by atoms with Gasteiger partial charge in [0, 0.05) is 6.42 Å². The Morgan fingerprint density at radius 1 is 1.29 bits per heavy atom. The van der Waals surface area contributed by atoms with Gasteiger partial charge in [0.15, 0.2) is 11.5 Å². The number of methoxy groups -OCH3 is 2. The van der Waals surface area contributed by atoms with Crippen LogP contribution in [0.2, 0.25) is 0 Å². The first-order valence-corrected chi connectivity index (χ1v) is 6.80. The van der Waals surface area contributed by atoms with Crippen molar-refractivity contribution >= 4 is 5.97 Å². The van der Waals surface area contributed by atoms with Gasteiger partial charge >= 0.3 is 5.97 Å². The van der Waals surface area contributed by atoms with E-state index in [1.54, 1.807) is 39.3 Å². The van der Waals surface area contributed by atoms with Crippen LogP contribution >= 0.6 is 0 Å². The number of hydrogen-bond acceptors (Lipinski definition) is 5. The van der Waals surface area contributed by atoms with Crippen molar-refractivity contribution in [2.75, 3.05) is 27.4 Å². The first-order valence-electron chi connectivity index (χ1n) is 6.80. The first kappa shape index (κ1) is 17.1. The molecule has 0 aliphatic heterocycles. The van der Waals surface area contributed by atoms with Gasteiger partial charge in [-0.2, -0.15) is 0 Å². The fourth-order valence-electron chi connectivity index (χ4n) is 1.98. The predicted molar refractivity (Wildman–Crippen MR) is 79.4 cm³/mol. The maximum atomic E-state index is 11.3. The minimum Gasteiger partial charge on any atom is -0.493 e. The molecule has 0 radical (unpaired) electrons. The number of aliphatic carboxylic acids is 1. The maximum Gasteiger partial charge on any atom is 0.323 e. The Hall–Kier alpha value is -1.95. The summed E-state index contributed by atoms with van der Waals surface area (Å²) in [6.07, 6.45) is 0.317. The van der Waals surface area contributed by atoms with Crippen molar-refractivity contribution in [2.45, 2.75) is 25.8 Å². The van der Waals surface area contributed by atoms with E-state index in [0.29, 0.717) is 30.2 Å². The Balaban J connectivity index is 2.77. The zero-order valence-electron chi connectivity index (χ0n) is 12.9. The number of hydrogen-bond donors (Lipinski definition) is 2.